The summed E-state index contributed by atoms with van der Waals surface area (Å²) in [4.78, 5) is 11.2. The van der Waals surface area contributed by atoms with Gasteiger partial charge in [-0.25, -0.2) is 0 Å². The molecule has 82 valence electrons. The van der Waals surface area contributed by atoms with Crippen LogP contribution >= 0.6 is 0 Å². The standard InChI is InChI=1S/C10H19NO3/c1-7(8(2)12)11-6-9(13)14-10(3,4)5/h11-12H,6H2,1-5H3/b8-7-. The van der Waals surface area contributed by atoms with Crippen LogP contribution in [0.3, 0.4) is 0 Å². The lowest BCUT2D eigenvalue weighted by atomic mass is 10.2. The van der Waals surface area contributed by atoms with E-state index in [4.69, 9.17) is 9.84 Å². The molecule has 0 amide bonds. The Morgan fingerprint density at radius 3 is 2.21 bits per heavy atom. The highest BCUT2D eigenvalue weighted by Gasteiger charge is 2.15. The maximum Gasteiger partial charge on any atom is 0.325 e. The van der Waals surface area contributed by atoms with E-state index >= 15 is 0 Å². The fourth-order valence-electron chi connectivity index (χ4n) is 0.710. The maximum atomic E-state index is 11.2. The van der Waals surface area contributed by atoms with Gasteiger partial charge in [0.15, 0.2) is 0 Å². The van der Waals surface area contributed by atoms with Gasteiger partial charge in [-0.1, -0.05) is 0 Å². The molecule has 0 saturated heterocycles. The van der Waals surface area contributed by atoms with Gasteiger partial charge < -0.3 is 15.2 Å². The summed E-state index contributed by atoms with van der Waals surface area (Å²) in [5.74, 6) is -0.161. The van der Waals surface area contributed by atoms with Gasteiger partial charge >= 0.3 is 5.97 Å². The van der Waals surface area contributed by atoms with Gasteiger partial charge in [0, 0.05) is 5.70 Å². The van der Waals surface area contributed by atoms with Crippen LogP contribution in [0.2, 0.25) is 0 Å². The molecule has 4 heteroatoms. The van der Waals surface area contributed by atoms with Crippen molar-refractivity contribution in [2.45, 2.75) is 40.2 Å². The quantitative estimate of drug-likeness (QED) is 0.539. The van der Waals surface area contributed by atoms with E-state index in [0.29, 0.717) is 5.70 Å². The zero-order valence-electron chi connectivity index (χ0n) is 9.47. The zero-order chi connectivity index (χ0) is 11.4. The number of ether oxygens (including phenoxy) is 1. The molecule has 0 radical (unpaired) electrons. The fraction of sp³-hybridized carbons (Fsp3) is 0.700. The summed E-state index contributed by atoms with van der Waals surface area (Å²) >= 11 is 0. The molecule has 0 aromatic heterocycles. The summed E-state index contributed by atoms with van der Waals surface area (Å²) in [7, 11) is 0. The molecule has 0 rings (SSSR count). The number of nitrogens with one attached hydrogen (secondary N) is 1. The minimum absolute atomic E-state index is 0.0704. The summed E-state index contributed by atoms with van der Waals surface area (Å²) in [6, 6.07) is 0. The second-order valence-electron chi connectivity index (χ2n) is 4.15. The van der Waals surface area contributed by atoms with Gasteiger partial charge in [0.2, 0.25) is 0 Å². The van der Waals surface area contributed by atoms with Gasteiger partial charge in [-0.3, -0.25) is 4.79 Å². The molecule has 2 N–H and O–H groups in total. The molecule has 0 atom stereocenters. The number of aliphatic hydroxyl groups excluding tert-OH is 1. The molecule has 0 aliphatic heterocycles. The van der Waals surface area contributed by atoms with Crippen molar-refractivity contribution in [1.29, 1.82) is 0 Å². The van der Waals surface area contributed by atoms with Gasteiger partial charge in [-0.2, -0.15) is 0 Å². The van der Waals surface area contributed by atoms with Crippen LogP contribution in [0.4, 0.5) is 0 Å². The number of aliphatic hydroxyl groups is 1. The number of hydrogen-bond acceptors (Lipinski definition) is 4. The van der Waals surface area contributed by atoms with Crippen molar-refractivity contribution < 1.29 is 14.6 Å². The minimum Gasteiger partial charge on any atom is -0.511 e. The summed E-state index contributed by atoms with van der Waals surface area (Å²) in [5, 5.41) is 11.8. The lowest BCUT2D eigenvalue weighted by Crippen LogP contribution is -2.31. The molecule has 0 aliphatic rings. The Morgan fingerprint density at radius 1 is 1.36 bits per heavy atom. The molecule has 4 nitrogen and oxygen atoms in total. The van der Waals surface area contributed by atoms with Gasteiger partial charge in [-0.15, -0.1) is 0 Å². The third-order valence-electron chi connectivity index (χ3n) is 1.46. The van der Waals surface area contributed by atoms with Crippen LogP contribution in [-0.4, -0.2) is 23.2 Å². The molecule has 14 heavy (non-hydrogen) atoms. The van der Waals surface area contributed by atoms with Crippen molar-refractivity contribution in [3.05, 3.63) is 11.5 Å². The minimum atomic E-state index is -0.468. The molecule has 0 aromatic rings. The van der Waals surface area contributed by atoms with Crippen molar-refractivity contribution in [2.24, 2.45) is 0 Å². The molecule has 0 spiro atoms. The predicted octanol–water partition coefficient (Wildman–Crippen LogP) is 1.73. The Balaban J connectivity index is 3.94. The normalized spacial score (nSPS) is 13.2. The fourth-order valence-corrected chi connectivity index (χ4v) is 0.710. The molecule has 0 fully saturated rings. The first kappa shape index (κ1) is 12.8. The van der Waals surface area contributed by atoms with E-state index in [0.717, 1.165) is 0 Å². The summed E-state index contributed by atoms with van der Waals surface area (Å²) < 4.78 is 5.06. The zero-order valence-corrected chi connectivity index (χ0v) is 9.47. The lowest BCUT2D eigenvalue weighted by Gasteiger charge is -2.19. The van der Waals surface area contributed by atoms with Crippen molar-refractivity contribution >= 4 is 5.97 Å². The van der Waals surface area contributed by atoms with Crippen molar-refractivity contribution in [1.82, 2.24) is 5.32 Å². The smallest absolute Gasteiger partial charge is 0.325 e. The van der Waals surface area contributed by atoms with Crippen molar-refractivity contribution in [2.75, 3.05) is 6.54 Å². The Bertz CT molecular complexity index is 234. The number of hydrogen-bond donors (Lipinski definition) is 2. The molecule has 0 heterocycles. The molecule has 0 aliphatic carbocycles. The Kier molecular flexibility index (Phi) is 4.47. The Labute approximate surface area is 85.0 Å². The molecule has 0 aromatic carbocycles. The van der Waals surface area contributed by atoms with E-state index in [9.17, 15) is 4.79 Å². The highest BCUT2D eigenvalue weighted by molar-refractivity contribution is 5.72. The van der Waals surface area contributed by atoms with Gasteiger partial charge in [-0.05, 0) is 34.6 Å². The van der Waals surface area contributed by atoms with Crippen LogP contribution in [0.1, 0.15) is 34.6 Å². The maximum absolute atomic E-state index is 11.2. The molecule has 0 saturated carbocycles. The molecular formula is C10H19NO3. The molecule has 0 unspecified atom stereocenters. The van der Waals surface area contributed by atoms with E-state index in [1.807, 2.05) is 20.8 Å². The largest absolute Gasteiger partial charge is 0.511 e. The third kappa shape index (κ3) is 6.34. The van der Waals surface area contributed by atoms with E-state index in [-0.39, 0.29) is 18.3 Å². The predicted molar refractivity (Wildman–Crippen MR) is 54.9 cm³/mol. The highest BCUT2D eigenvalue weighted by Crippen LogP contribution is 2.06. The average Bonchev–Trinajstić information content (AvgIpc) is 1.96. The van der Waals surface area contributed by atoms with Gasteiger partial charge in [0.25, 0.3) is 0 Å². The van der Waals surface area contributed by atoms with E-state index < -0.39 is 5.60 Å². The van der Waals surface area contributed by atoms with Crippen LogP contribution in [-0.2, 0) is 9.53 Å². The van der Waals surface area contributed by atoms with Crippen LogP contribution in [0.5, 0.6) is 0 Å². The van der Waals surface area contributed by atoms with Crippen molar-refractivity contribution in [3.8, 4) is 0 Å². The summed E-state index contributed by atoms with van der Waals surface area (Å²) in [6.45, 7) is 8.75. The SMILES string of the molecule is C/C(O)=C(\C)NCC(=O)OC(C)(C)C. The van der Waals surface area contributed by atoms with Gasteiger partial charge in [0.1, 0.15) is 17.9 Å². The van der Waals surface area contributed by atoms with E-state index in [1.54, 1.807) is 13.8 Å². The molecule has 0 bridgehead atoms. The third-order valence-corrected chi connectivity index (χ3v) is 1.46. The number of esters is 1. The van der Waals surface area contributed by atoms with Crippen LogP contribution in [0, 0.1) is 0 Å². The Hall–Kier alpha value is -1.19. The summed E-state index contributed by atoms with van der Waals surface area (Å²) in [5.41, 5.74) is 0.112. The van der Waals surface area contributed by atoms with Crippen molar-refractivity contribution in [3.63, 3.8) is 0 Å². The second kappa shape index (κ2) is 4.88. The number of carbonyl (C=O) groups excluding carboxylic acids is 1. The Morgan fingerprint density at radius 2 is 1.86 bits per heavy atom. The number of allylic oxidation sites excluding steroid dienone is 2. The first-order chi connectivity index (χ1) is 6.22. The van der Waals surface area contributed by atoms with E-state index in [1.165, 1.54) is 0 Å². The monoisotopic (exact) mass is 201 g/mol. The topological polar surface area (TPSA) is 58.6 Å². The lowest BCUT2D eigenvalue weighted by molar-refractivity contribution is -0.153. The summed E-state index contributed by atoms with van der Waals surface area (Å²) in [6.07, 6.45) is 0. The first-order valence-corrected chi connectivity index (χ1v) is 4.54. The number of rotatable bonds is 3. The second-order valence-corrected chi connectivity index (χ2v) is 4.15. The van der Waals surface area contributed by atoms with Crippen LogP contribution < -0.4 is 5.32 Å². The van der Waals surface area contributed by atoms with Crippen LogP contribution in [0.15, 0.2) is 11.5 Å². The number of carbonyl (C=O) groups is 1. The van der Waals surface area contributed by atoms with E-state index in [2.05, 4.69) is 5.32 Å². The highest BCUT2D eigenvalue weighted by atomic mass is 16.6. The van der Waals surface area contributed by atoms with Crippen LogP contribution in [0.25, 0.3) is 0 Å². The van der Waals surface area contributed by atoms with Gasteiger partial charge in [0.05, 0.1) is 0 Å². The molecular weight excluding hydrogens is 182 g/mol. The first-order valence-electron chi connectivity index (χ1n) is 4.54. The average molecular weight is 201 g/mol.